The van der Waals surface area contributed by atoms with Crippen LogP contribution in [-0.2, 0) is 14.3 Å². The van der Waals surface area contributed by atoms with Crippen molar-refractivity contribution < 1.29 is 24.5 Å². The van der Waals surface area contributed by atoms with Crippen molar-refractivity contribution in [3.8, 4) is 0 Å². The first-order chi connectivity index (χ1) is 25.0. The molecule has 0 aliphatic heterocycles. The van der Waals surface area contributed by atoms with E-state index in [-0.39, 0.29) is 18.5 Å². The van der Waals surface area contributed by atoms with E-state index in [1.165, 1.54) is 122 Å². The van der Waals surface area contributed by atoms with Crippen LogP contribution in [0.4, 0.5) is 0 Å². The first kappa shape index (κ1) is 49.1. The molecule has 3 N–H and O–H groups in total. The van der Waals surface area contributed by atoms with E-state index in [4.69, 9.17) is 4.74 Å². The lowest BCUT2D eigenvalue weighted by Gasteiger charge is -2.22. The number of amides is 1. The summed E-state index contributed by atoms with van der Waals surface area (Å²) in [5.41, 5.74) is 0. The maximum atomic E-state index is 12.3. The van der Waals surface area contributed by atoms with Gasteiger partial charge in [0.1, 0.15) is 0 Å². The van der Waals surface area contributed by atoms with Gasteiger partial charge in [-0.15, -0.1) is 0 Å². The third-order valence-electron chi connectivity index (χ3n) is 9.68. The first-order valence-corrected chi connectivity index (χ1v) is 21.7. The summed E-state index contributed by atoms with van der Waals surface area (Å²) in [6, 6.07) is -0.583. The average molecular weight is 718 g/mol. The third kappa shape index (κ3) is 37.6. The number of unbranched alkanes of at least 4 members (excludes halogenated alkanes) is 22. The fourth-order valence-corrected chi connectivity index (χ4v) is 6.27. The fourth-order valence-electron chi connectivity index (χ4n) is 6.27. The first-order valence-electron chi connectivity index (χ1n) is 21.7. The smallest absolute Gasteiger partial charge is 0.305 e. The Balaban J connectivity index is 3.57. The molecule has 0 spiro atoms. The van der Waals surface area contributed by atoms with Crippen LogP contribution in [0.3, 0.4) is 0 Å². The second-order valence-electron chi connectivity index (χ2n) is 14.7. The number of allylic oxidation sites excluding steroid dienone is 6. The van der Waals surface area contributed by atoms with E-state index in [1.54, 1.807) is 0 Å². The molecule has 0 radical (unpaired) electrons. The fraction of sp³-hybridized carbons (Fsp3) is 0.822. The van der Waals surface area contributed by atoms with Crippen LogP contribution in [-0.4, -0.2) is 47.4 Å². The van der Waals surface area contributed by atoms with Gasteiger partial charge in [0, 0.05) is 12.8 Å². The van der Waals surface area contributed by atoms with Crippen molar-refractivity contribution in [1.29, 1.82) is 0 Å². The zero-order chi connectivity index (χ0) is 37.3. The zero-order valence-corrected chi connectivity index (χ0v) is 33.6. The summed E-state index contributed by atoms with van der Waals surface area (Å²) in [6.07, 6.45) is 46.8. The number of carbonyl (C=O) groups is 2. The second kappa shape index (κ2) is 40.8. The van der Waals surface area contributed by atoms with Crippen LogP contribution in [0, 0.1) is 0 Å². The van der Waals surface area contributed by atoms with Gasteiger partial charge in [-0.3, -0.25) is 9.59 Å². The SMILES string of the molecule is CCCCC/C=C\CCCCCCCC(=O)OCCCCCCCC/C=C\C/C=C\CCC(=O)NC(CO)C(O)CCCCCCCCCCC. The van der Waals surface area contributed by atoms with Crippen LogP contribution in [0.2, 0.25) is 0 Å². The molecule has 2 atom stereocenters. The number of aliphatic hydroxyl groups is 2. The molecule has 298 valence electrons. The Labute approximate surface area is 315 Å². The van der Waals surface area contributed by atoms with Gasteiger partial charge in [-0.2, -0.15) is 0 Å². The lowest BCUT2D eigenvalue weighted by atomic mass is 10.0. The summed E-state index contributed by atoms with van der Waals surface area (Å²) < 4.78 is 5.42. The molecule has 0 aromatic rings. The van der Waals surface area contributed by atoms with Gasteiger partial charge in [0.2, 0.25) is 5.91 Å². The van der Waals surface area contributed by atoms with Gasteiger partial charge in [0.25, 0.3) is 0 Å². The molecular weight excluding hydrogens is 634 g/mol. The predicted molar refractivity (Wildman–Crippen MR) is 218 cm³/mol. The van der Waals surface area contributed by atoms with Crippen LogP contribution in [0.5, 0.6) is 0 Å². The summed E-state index contributed by atoms with van der Waals surface area (Å²) in [7, 11) is 0. The number of carbonyl (C=O) groups excluding carboxylic acids is 2. The summed E-state index contributed by atoms with van der Waals surface area (Å²) in [5.74, 6) is -0.149. The molecular formula is C45H83NO5. The molecule has 0 aromatic carbocycles. The number of hydrogen-bond acceptors (Lipinski definition) is 5. The Bertz CT molecular complexity index is 838. The van der Waals surface area contributed by atoms with E-state index in [9.17, 15) is 19.8 Å². The minimum Gasteiger partial charge on any atom is -0.466 e. The third-order valence-corrected chi connectivity index (χ3v) is 9.68. The number of esters is 1. The highest BCUT2D eigenvalue weighted by Gasteiger charge is 2.19. The maximum Gasteiger partial charge on any atom is 0.305 e. The van der Waals surface area contributed by atoms with Crippen molar-refractivity contribution in [2.75, 3.05) is 13.2 Å². The molecule has 6 nitrogen and oxygen atoms in total. The quantitative estimate of drug-likeness (QED) is 0.0334. The highest BCUT2D eigenvalue weighted by atomic mass is 16.5. The van der Waals surface area contributed by atoms with Crippen molar-refractivity contribution in [2.24, 2.45) is 0 Å². The maximum absolute atomic E-state index is 12.3. The normalized spacial score (nSPS) is 13.1. The van der Waals surface area contributed by atoms with Gasteiger partial charge < -0.3 is 20.3 Å². The van der Waals surface area contributed by atoms with Gasteiger partial charge >= 0.3 is 5.97 Å². The van der Waals surface area contributed by atoms with Gasteiger partial charge in [0.05, 0.1) is 25.4 Å². The second-order valence-corrected chi connectivity index (χ2v) is 14.7. The molecule has 2 unspecified atom stereocenters. The highest BCUT2D eigenvalue weighted by molar-refractivity contribution is 5.76. The summed E-state index contributed by atoms with van der Waals surface area (Å²) >= 11 is 0. The van der Waals surface area contributed by atoms with E-state index in [1.807, 2.05) is 6.08 Å². The molecule has 0 aromatic heterocycles. The average Bonchev–Trinajstić information content (AvgIpc) is 3.13. The Morgan fingerprint density at radius 1 is 0.549 bits per heavy atom. The Kier molecular flexibility index (Phi) is 39.3. The summed E-state index contributed by atoms with van der Waals surface area (Å²) in [4.78, 5) is 24.3. The van der Waals surface area contributed by atoms with E-state index < -0.39 is 12.1 Å². The topological polar surface area (TPSA) is 95.9 Å². The lowest BCUT2D eigenvalue weighted by Crippen LogP contribution is -2.45. The number of rotatable bonds is 39. The minimum atomic E-state index is -0.696. The number of ether oxygens (including phenoxy) is 1. The molecule has 0 fully saturated rings. The minimum absolute atomic E-state index is 0.0286. The van der Waals surface area contributed by atoms with Gasteiger partial charge in [-0.25, -0.2) is 0 Å². The monoisotopic (exact) mass is 718 g/mol. The van der Waals surface area contributed by atoms with E-state index in [0.717, 1.165) is 51.4 Å². The largest absolute Gasteiger partial charge is 0.466 e. The Morgan fingerprint density at radius 2 is 1.00 bits per heavy atom. The molecule has 0 saturated carbocycles. The summed E-state index contributed by atoms with van der Waals surface area (Å²) in [6.45, 7) is 4.81. The van der Waals surface area contributed by atoms with Crippen LogP contribution >= 0.6 is 0 Å². The molecule has 6 heteroatoms. The van der Waals surface area contributed by atoms with Gasteiger partial charge in [0.15, 0.2) is 0 Å². The molecule has 0 heterocycles. The Morgan fingerprint density at radius 3 is 1.59 bits per heavy atom. The van der Waals surface area contributed by atoms with Crippen molar-refractivity contribution in [3.63, 3.8) is 0 Å². The van der Waals surface area contributed by atoms with Crippen LogP contribution in [0.1, 0.15) is 213 Å². The molecule has 0 rings (SSSR count). The van der Waals surface area contributed by atoms with Gasteiger partial charge in [-0.1, -0.05) is 166 Å². The van der Waals surface area contributed by atoms with Crippen LogP contribution in [0.25, 0.3) is 0 Å². The molecule has 0 aliphatic carbocycles. The van der Waals surface area contributed by atoms with Crippen molar-refractivity contribution in [2.45, 2.75) is 225 Å². The number of hydrogen-bond donors (Lipinski definition) is 3. The summed E-state index contributed by atoms with van der Waals surface area (Å²) in [5, 5.41) is 22.9. The van der Waals surface area contributed by atoms with Crippen molar-refractivity contribution in [3.05, 3.63) is 36.5 Å². The van der Waals surface area contributed by atoms with E-state index in [0.29, 0.717) is 32.3 Å². The number of nitrogens with one attached hydrogen (secondary N) is 1. The molecule has 0 saturated heterocycles. The molecule has 51 heavy (non-hydrogen) atoms. The van der Waals surface area contributed by atoms with Gasteiger partial charge in [-0.05, 0) is 70.6 Å². The van der Waals surface area contributed by atoms with Crippen LogP contribution in [0.15, 0.2) is 36.5 Å². The standard InChI is InChI=1S/C45H83NO5/c1-3-5-7-9-11-13-14-19-23-27-31-35-39-45(50)51-40-36-32-28-24-20-17-15-16-18-22-26-30-34-38-44(49)46-42(41-47)43(48)37-33-29-25-21-12-10-8-6-4-2/h11,13,16,18,26,30,42-43,47-48H,3-10,12,14-15,17,19-25,27-29,31-41H2,1-2H3,(H,46,49)/b13-11-,18-16-,30-26-. The molecule has 0 bridgehead atoms. The van der Waals surface area contributed by atoms with Crippen molar-refractivity contribution >= 4 is 11.9 Å². The lowest BCUT2D eigenvalue weighted by molar-refractivity contribution is -0.143. The van der Waals surface area contributed by atoms with Crippen molar-refractivity contribution in [1.82, 2.24) is 5.32 Å². The van der Waals surface area contributed by atoms with E-state index in [2.05, 4.69) is 49.5 Å². The number of aliphatic hydroxyl groups excluding tert-OH is 2. The van der Waals surface area contributed by atoms with Crippen LogP contribution < -0.4 is 5.32 Å². The molecule has 1 amide bonds. The predicted octanol–water partition coefficient (Wildman–Crippen LogP) is 12.2. The molecule has 0 aliphatic rings. The van der Waals surface area contributed by atoms with E-state index >= 15 is 0 Å². The highest BCUT2D eigenvalue weighted by Crippen LogP contribution is 2.14. The Hall–Kier alpha value is -1.92. The zero-order valence-electron chi connectivity index (χ0n) is 33.6.